The second-order valence-corrected chi connectivity index (χ2v) is 7.73. The standard InChI is InChI=1S/C21H26ClN3O2/c1-15-6-8-16(9-7-15)10-19(24-18-5-3-2-4-17(18)23)20(27)25-12-21(11-22,13-25)14-26/h2-9,19,24,26H,10-14,23H2,1H3/t19-/m0/s1. The number of rotatable bonds is 7. The zero-order chi connectivity index (χ0) is 19.4. The lowest BCUT2D eigenvalue weighted by Gasteiger charge is -2.49. The maximum Gasteiger partial charge on any atom is 0.245 e. The average molecular weight is 388 g/mol. The van der Waals surface area contributed by atoms with Gasteiger partial charge in [0.2, 0.25) is 5.91 Å². The largest absolute Gasteiger partial charge is 0.397 e. The molecule has 0 saturated carbocycles. The van der Waals surface area contributed by atoms with E-state index in [0.29, 0.717) is 31.1 Å². The first-order valence-electron chi connectivity index (χ1n) is 9.08. The van der Waals surface area contributed by atoms with E-state index in [1.54, 1.807) is 4.90 Å². The molecule has 1 atom stereocenters. The Morgan fingerprint density at radius 2 is 1.93 bits per heavy atom. The molecule has 0 aliphatic carbocycles. The highest BCUT2D eigenvalue weighted by Gasteiger charge is 2.45. The maximum atomic E-state index is 13.1. The predicted molar refractivity (Wildman–Crippen MR) is 110 cm³/mol. The number of aryl methyl sites for hydroxylation is 1. The number of nitrogens with two attached hydrogens (primary N) is 1. The van der Waals surface area contributed by atoms with E-state index >= 15 is 0 Å². The third-order valence-electron chi connectivity index (χ3n) is 5.13. The summed E-state index contributed by atoms with van der Waals surface area (Å²) in [5.74, 6) is 0.336. The molecule has 0 aromatic heterocycles. The van der Waals surface area contributed by atoms with Gasteiger partial charge in [-0.05, 0) is 24.6 Å². The maximum absolute atomic E-state index is 13.1. The summed E-state index contributed by atoms with van der Waals surface area (Å²) in [4.78, 5) is 14.9. The van der Waals surface area contributed by atoms with E-state index in [-0.39, 0.29) is 17.9 Å². The molecule has 6 heteroatoms. The van der Waals surface area contributed by atoms with Crippen LogP contribution in [0.15, 0.2) is 48.5 Å². The molecule has 1 saturated heterocycles. The van der Waals surface area contributed by atoms with Crippen molar-refractivity contribution in [1.29, 1.82) is 0 Å². The molecule has 2 aromatic rings. The lowest BCUT2D eigenvalue weighted by atomic mass is 9.82. The quantitative estimate of drug-likeness (QED) is 0.504. The second kappa shape index (κ2) is 8.19. The zero-order valence-electron chi connectivity index (χ0n) is 15.5. The van der Waals surface area contributed by atoms with Crippen molar-refractivity contribution in [2.45, 2.75) is 19.4 Å². The summed E-state index contributed by atoms with van der Waals surface area (Å²) >= 11 is 5.97. The number of halogens is 1. The number of nitrogens with one attached hydrogen (secondary N) is 1. The van der Waals surface area contributed by atoms with E-state index in [1.807, 2.05) is 55.5 Å². The van der Waals surface area contributed by atoms with Gasteiger partial charge in [-0.1, -0.05) is 42.0 Å². The van der Waals surface area contributed by atoms with Crippen molar-refractivity contribution in [3.63, 3.8) is 0 Å². The van der Waals surface area contributed by atoms with Crippen molar-refractivity contribution in [2.24, 2.45) is 5.41 Å². The minimum absolute atomic E-state index is 0.00646. The first-order valence-corrected chi connectivity index (χ1v) is 9.62. The number of anilines is 2. The number of aliphatic hydroxyl groups excluding tert-OH is 1. The van der Waals surface area contributed by atoms with Gasteiger partial charge in [0, 0.05) is 30.8 Å². The fraction of sp³-hybridized carbons (Fsp3) is 0.381. The fourth-order valence-corrected chi connectivity index (χ4v) is 3.60. The van der Waals surface area contributed by atoms with Crippen molar-refractivity contribution in [3.8, 4) is 0 Å². The van der Waals surface area contributed by atoms with Gasteiger partial charge in [-0.15, -0.1) is 11.6 Å². The van der Waals surface area contributed by atoms with E-state index in [4.69, 9.17) is 17.3 Å². The molecular weight excluding hydrogens is 362 g/mol. The highest BCUT2D eigenvalue weighted by Crippen LogP contribution is 2.32. The molecule has 0 spiro atoms. The van der Waals surface area contributed by atoms with Crippen molar-refractivity contribution >= 4 is 28.9 Å². The zero-order valence-corrected chi connectivity index (χ0v) is 16.2. The fourth-order valence-electron chi connectivity index (χ4n) is 3.34. The number of aliphatic hydroxyl groups is 1. The Labute approximate surface area is 165 Å². The van der Waals surface area contributed by atoms with Gasteiger partial charge in [0.1, 0.15) is 6.04 Å². The number of nitrogens with zero attached hydrogens (tertiary/aromatic N) is 1. The molecule has 0 bridgehead atoms. The molecule has 1 aliphatic heterocycles. The van der Waals surface area contributed by atoms with Gasteiger partial charge in [0.15, 0.2) is 0 Å². The van der Waals surface area contributed by atoms with Gasteiger partial charge in [0.25, 0.3) is 0 Å². The van der Waals surface area contributed by atoms with Crippen molar-refractivity contribution < 1.29 is 9.90 Å². The van der Waals surface area contributed by atoms with E-state index in [1.165, 1.54) is 5.56 Å². The summed E-state index contributed by atoms with van der Waals surface area (Å²) < 4.78 is 0. The molecular formula is C21H26ClN3O2. The smallest absolute Gasteiger partial charge is 0.245 e. The first-order chi connectivity index (χ1) is 13.0. The van der Waals surface area contributed by atoms with Crippen LogP contribution in [0.2, 0.25) is 0 Å². The van der Waals surface area contributed by atoms with Crippen LogP contribution in [0, 0.1) is 12.3 Å². The van der Waals surface area contributed by atoms with Crippen LogP contribution >= 0.6 is 11.6 Å². The molecule has 2 aromatic carbocycles. The van der Waals surface area contributed by atoms with Crippen LogP contribution in [-0.2, 0) is 11.2 Å². The number of likely N-dealkylation sites (tertiary alicyclic amines) is 1. The number of para-hydroxylation sites is 2. The molecule has 144 valence electrons. The van der Waals surface area contributed by atoms with Crippen LogP contribution in [-0.4, -0.2) is 47.5 Å². The first kappa shape index (κ1) is 19.5. The van der Waals surface area contributed by atoms with E-state index in [0.717, 1.165) is 11.3 Å². The van der Waals surface area contributed by atoms with E-state index < -0.39 is 6.04 Å². The molecule has 3 rings (SSSR count). The molecule has 1 fully saturated rings. The number of benzene rings is 2. The van der Waals surface area contributed by atoms with Crippen molar-refractivity contribution in [3.05, 3.63) is 59.7 Å². The van der Waals surface area contributed by atoms with Gasteiger partial charge in [0.05, 0.1) is 18.0 Å². The Morgan fingerprint density at radius 1 is 1.26 bits per heavy atom. The molecule has 1 aliphatic rings. The van der Waals surface area contributed by atoms with Gasteiger partial charge in [-0.3, -0.25) is 4.79 Å². The molecule has 1 amide bonds. The van der Waals surface area contributed by atoms with Crippen molar-refractivity contribution in [2.75, 3.05) is 36.6 Å². The number of carbonyl (C=O) groups is 1. The number of carbonyl (C=O) groups excluding carboxylic acids is 1. The third-order valence-corrected chi connectivity index (χ3v) is 5.70. The highest BCUT2D eigenvalue weighted by molar-refractivity contribution is 6.18. The number of alkyl halides is 1. The second-order valence-electron chi connectivity index (χ2n) is 7.46. The summed E-state index contributed by atoms with van der Waals surface area (Å²) in [7, 11) is 0. The molecule has 0 radical (unpaired) electrons. The van der Waals surface area contributed by atoms with Gasteiger partial charge < -0.3 is 21.1 Å². The van der Waals surface area contributed by atoms with E-state index in [9.17, 15) is 9.90 Å². The molecule has 1 heterocycles. The number of hydrogen-bond donors (Lipinski definition) is 3. The van der Waals surface area contributed by atoms with Gasteiger partial charge >= 0.3 is 0 Å². The minimum atomic E-state index is -0.440. The van der Waals surface area contributed by atoms with E-state index in [2.05, 4.69) is 5.32 Å². The van der Waals surface area contributed by atoms with Crippen LogP contribution in [0.3, 0.4) is 0 Å². The van der Waals surface area contributed by atoms with Gasteiger partial charge in [-0.2, -0.15) is 0 Å². The summed E-state index contributed by atoms with van der Waals surface area (Å²) in [5, 5.41) is 12.9. The van der Waals surface area contributed by atoms with Crippen LogP contribution in [0.25, 0.3) is 0 Å². The summed E-state index contributed by atoms with van der Waals surface area (Å²) in [6.07, 6.45) is 0.553. The number of amides is 1. The van der Waals surface area contributed by atoms with Crippen LogP contribution in [0.1, 0.15) is 11.1 Å². The molecule has 27 heavy (non-hydrogen) atoms. The Kier molecular flexibility index (Phi) is 5.92. The minimum Gasteiger partial charge on any atom is -0.397 e. The Morgan fingerprint density at radius 3 is 2.52 bits per heavy atom. The van der Waals surface area contributed by atoms with Crippen LogP contribution in [0.5, 0.6) is 0 Å². The number of hydrogen-bond acceptors (Lipinski definition) is 4. The monoisotopic (exact) mass is 387 g/mol. The Balaban J connectivity index is 1.78. The highest BCUT2D eigenvalue weighted by atomic mass is 35.5. The van der Waals surface area contributed by atoms with Crippen LogP contribution < -0.4 is 11.1 Å². The third kappa shape index (κ3) is 4.37. The predicted octanol–water partition coefficient (Wildman–Crippen LogP) is 2.66. The Bertz CT molecular complexity index is 782. The Hall–Kier alpha value is -2.24. The summed E-state index contributed by atoms with van der Waals surface area (Å²) in [6.45, 7) is 2.97. The number of nitrogen functional groups attached to an aromatic ring is 1. The molecule has 5 nitrogen and oxygen atoms in total. The molecule has 4 N–H and O–H groups in total. The lowest BCUT2D eigenvalue weighted by Crippen LogP contribution is -2.63. The van der Waals surface area contributed by atoms with Crippen LogP contribution in [0.4, 0.5) is 11.4 Å². The average Bonchev–Trinajstić information content (AvgIpc) is 2.64. The summed E-state index contributed by atoms with van der Waals surface area (Å²) in [5.41, 5.74) is 9.28. The topological polar surface area (TPSA) is 78.6 Å². The van der Waals surface area contributed by atoms with Gasteiger partial charge in [-0.25, -0.2) is 0 Å². The lowest BCUT2D eigenvalue weighted by molar-refractivity contribution is -0.145. The normalized spacial score (nSPS) is 16.5. The summed E-state index contributed by atoms with van der Waals surface area (Å²) in [6, 6.07) is 15.2. The molecule has 0 unspecified atom stereocenters. The SMILES string of the molecule is Cc1ccc(C[C@H](Nc2ccccc2N)C(=O)N2CC(CO)(CCl)C2)cc1. The van der Waals surface area contributed by atoms with Crippen molar-refractivity contribution in [1.82, 2.24) is 4.90 Å².